The van der Waals surface area contributed by atoms with Crippen molar-refractivity contribution in [2.75, 3.05) is 31.4 Å². The lowest BCUT2D eigenvalue weighted by atomic mass is 10.1. The first-order valence-corrected chi connectivity index (χ1v) is 8.92. The third-order valence-corrected chi connectivity index (χ3v) is 4.26. The molecule has 2 heterocycles. The lowest BCUT2D eigenvalue weighted by Crippen LogP contribution is -2.30. The van der Waals surface area contributed by atoms with Gasteiger partial charge >= 0.3 is 0 Å². The highest BCUT2D eigenvalue weighted by atomic mass is 16.3. The minimum atomic E-state index is -0.303. The Bertz CT molecular complexity index is 1190. The number of nitrogens with zero attached hydrogens (tertiary/aromatic N) is 5. The molecular formula is C20H19N7O2. The molecule has 1 aliphatic rings. The van der Waals surface area contributed by atoms with Gasteiger partial charge in [-0.15, -0.1) is 0 Å². The van der Waals surface area contributed by atoms with Gasteiger partial charge in [0.15, 0.2) is 28.4 Å². The van der Waals surface area contributed by atoms with Crippen LogP contribution in [-0.4, -0.2) is 46.6 Å². The maximum atomic E-state index is 12.3. The number of carbonyl (C=O) groups excluding carboxylic acids is 1. The van der Waals surface area contributed by atoms with Gasteiger partial charge in [0.25, 0.3) is 5.91 Å². The van der Waals surface area contributed by atoms with Crippen molar-refractivity contribution in [3.63, 3.8) is 0 Å². The van der Waals surface area contributed by atoms with Gasteiger partial charge in [-0.1, -0.05) is 24.3 Å². The smallest absolute Gasteiger partial charge is 0.257 e. The van der Waals surface area contributed by atoms with Crippen molar-refractivity contribution in [2.24, 2.45) is 9.98 Å². The van der Waals surface area contributed by atoms with Crippen LogP contribution in [-0.2, 0) is 0 Å². The molecule has 0 saturated heterocycles. The second kappa shape index (κ2) is 7.55. The van der Waals surface area contributed by atoms with E-state index in [2.05, 4.69) is 30.6 Å². The summed E-state index contributed by atoms with van der Waals surface area (Å²) in [5.41, 5.74) is 2.21. The Morgan fingerprint density at radius 2 is 1.59 bits per heavy atom. The molecule has 29 heavy (non-hydrogen) atoms. The highest BCUT2D eigenvalue weighted by Crippen LogP contribution is 2.32. The van der Waals surface area contributed by atoms with Gasteiger partial charge in [0.2, 0.25) is 0 Å². The minimum Gasteiger partial charge on any atom is -0.505 e. The fourth-order valence-electron chi connectivity index (χ4n) is 2.82. The topological polar surface area (TPSA) is 115 Å². The lowest BCUT2D eigenvalue weighted by molar-refractivity contribution is 0.0824. The zero-order chi connectivity index (χ0) is 20.4. The van der Waals surface area contributed by atoms with Gasteiger partial charge in [0.05, 0.1) is 11.3 Å². The van der Waals surface area contributed by atoms with Gasteiger partial charge in [0.1, 0.15) is 6.67 Å². The van der Waals surface area contributed by atoms with Gasteiger partial charge in [-0.3, -0.25) is 4.79 Å². The summed E-state index contributed by atoms with van der Waals surface area (Å²) in [6, 6.07) is 14.4. The number of rotatable bonds is 5. The average Bonchev–Trinajstić information content (AvgIpc) is 3.17. The van der Waals surface area contributed by atoms with Crippen molar-refractivity contribution in [2.45, 2.75) is 0 Å². The first-order chi connectivity index (χ1) is 14.0. The zero-order valence-electron chi connectivity index (χ0n) is 15.9. The molecule has 0 bridgehead atoms. The average molecular weight is 389 g/mol. The van der Waals surface area contributed by atoms with E-state index in [4.69, 9.17) is 0 Å². The number of anilines is 4. The van der Waals surface area contributed by atoms with E-state index in [9.17, 15) is 9.90 Å². The summed E-state index contributed by atoms with van der Waals surface area (Å²) in [7, 11) is 3.25. The Morgan fingerprint density at radius 3 is 2.24 bits per heavy atom. The SMILES string of the molecule is CN(C)C(=O)c1cccc(Nc2nc3c(nc2Nc2ccccc2)=NCN=3)c1O. The van der Waals surface area contributed by atoms with Gasteiger partial charge < -0.3 is 20.6 Å². The van der Waals surface area contributed by atoms with Crippen LogP contribution in [0.1, 0.15) is 10.4 Å². The van der Waals surface area contributed by atoms with E-state index in [1.807, 2.05) is 30.3 Å². The lowest BCUT2D eigenvalue weighted by Gasteiger charge is -2.16. The van der Waals surface area contributed by atoms with Crippen LogP contribution in [0.3, 0.4) is 0 Å². The molecule has 0 saturated carbocycles. The Kier molecular flexibility index (Phi) is 4.78. The van der Waals surface area contributed by atoms with Crippen molar-refractivity contribution in [1.29, 1.82) is 0 Å². The third kappa shape index (κ3) is 3.70. The minimum absolute atomic E-state index is 0.166. The van der Waals surface area contributed by atoms with Gasteiger partial charge in [0, 0.05) is 19.8 Å². The summed E-state index contributed by atoms with van der Waals surface area (Å²) in [5.74, 6) is 0.321. The molecule has 0 atom stereocenters. The van der Waals surface area contributed by atoms with E-state index in [0.29, 0.717) is 28.3 Å². The molecule has 3 N–H and O–H groups in total. The summed E-state index contributed by atoms with van der Waals surface area (Å²) >= 11 is 0. The quantitative estimate of drug-likeness (QED) is 0.571. The number of aromatic nitrogens is 2. The fourth-order valence-corrected chi connectivity index (χ4v) is 2.82. The van der Waals surface area contributed by atoms with Crippen LogP contribution in [0.2, 0.25) is 0 Å². The number of nitrogens with one attached hydrogen (secondary N) is 2. The predicted molar refractivity (Wildman–Crippen MR) is 108 cm³/mol. The van der Waals surface area contributed by atoms with E-state index < -0.39 is 0 Å². The maximum Gasteiger partial charge on any atom is 0.257 e. The van der Waals surface area contributed by atoms with E-state index >= 15 is 0 Å². The summed E-state index contributed by atoms with van der Waals surface area (Å²) in [6.07, 6.45) is 0. The molecule has 0 aliphatic carbocycles. The molecule has 4 rings (SSSR count). The van der Waals surface area contributed by atoms with Gasteiger partial charge in [-0.2, -0.15) is 0 Å². The molecule has 146 valence electrons. The van der Waals surface area contributed by atoms with Gasteiger partial charge in [-0.05, 0) is 24.3 Å². The van der Waals surface area contributed by atoms with Crippen LogP contribution in [0.25, 0.3) is 0 Å². The zero-order valence-corrected chi connectivity index (χ0v) is 15.9. The number of aromatic hydroxyl groups is 1. The molecule has 9 nitrogen and oxygen atoms in total. The van der Waals surface area contributed by atoms with Crippen LogP contribution in [0.15, 0.2) is 58.5 Å². The molecule has 3 aromatic rings. The predicted octanol–water partition coefficient (Wildman–Crippen LogP) is 1.58. The Hall–Kier alpha value is -4.01. The number of carbonyl (C=O) groups is 1. The normalized spacial score (nSPS) is 11.8. The molecular weight excluding hydrogens is 370 g/mol. The van der Waals surface area contributed by atoms with Gasteiger partial charge in [-0.25, -0.2) is 20.0 Å². The van der Waals surface area contributed by atoms with Crippen LogP contribution in [0, 0.1) is 0 Å². The number of hydrogen-bond donors (Lipinski definition) is 3. The second-order valence-corrected chi connectivity index (χ2v) is 6.54. The number of hydrogen-bond acceptors (Lipinski definition) is 8. The number of phenols is 1. The molecule has 2 aromatic carbocycles. The van der Waals surface area contributed by atoms with Crippen molar-refractivity contribution in [1.82, 2.24) is 14.9 Å². The van der Waals surface area contributed by atoms with Crippen molar-refractivity contribution < 1.29 is 9.90 Å². The first kappa shape index (κ1) is 18.4. The third-order valence-electron chi connectivity index (χ3n) is 4.26. The Balaban J connectivity index is 1.75. The van der Waals surface area contributed by atoms with Crippen LogP contribution < -0.4 is 21.6 Å². The Labute approximate surface area is 166 Å². The largest absolute Gasteiger partial charge is 0.505 e. The highest BCUT2D eigenvalue weighted by Gasteiger charge is 2.18. The number of fused-ring (bicyclic) bond motifs is 1. The first-order valence-electron chi connectivity index (χ1n) is 8.92. The summed E-state index contributed by atoms with van der Waals surface area (Å²) in [6.45, 7) is 0.279. The maximum absolute atomic E-state index is 12.3. The molecule has 1 aromatic heterocycles. The standard InChI is InChI=1S/C20H19N7O2/c1-27(2)20(29)13-9-6-10-14(15(13)28)24-19-18(23-12-7-4-3-5-8-12)25-16-17(26-19)22-11-21-16/h3-10,28H,11H2,1-2H3,(H,21,23,25)(H,22,24,26). The summed E-state index contributed by atoms with van der Waals surface area (Å²) in [4.78, 5) is 31.1. The summed E-state index contributed by atoms with van der Waals surface area (Å²) in [5, 5.41) is 16.9. The van der Waals surface area contributed by atoms with E-state index in [1.165, 1.54) is 4.90 Å². The van der Waals surface area contributed by atoms with Crippen LogP contribution in [0.5, 0.6) is 5.75 Å². The van der Waals surface area contributed by atoms with Crippen molar-refractivity contribution in [3.05, 3.63) is 65.1 Å². The number of phenolic OH excluding ortho intramolecular Hbond substituents is 1. The summed E-state index contributed by atoms with van der Waals surface area (Å²) < 4.78 is 0. The molecule has 0 spiro atoms. The van der Waals surface area contributed by atoms with Crippen LogP contribution in [0.4, 0.5) is 23.0 Å². The van der Waals surface area contributed by atoms with E-state index in [1.54, 1.807) is 32.3 Å². The Morgan fingerprint density at radius 1 is 0.931 bits per heavy atom. The van der Waals surface area contributed by atoms with Crippen molar-refractivity contribution in [3.8, 4) is 5.75 Å². The number of amides is 1. The molecule has 9 heteroatoms. The van der Waals surface area contributed by atoms with Crippen molar-refractivity contribution >= 4 is 28.9 Å². The second-order valence-electron chi connectivity index (χ2n) is 6.54. The fraction of sp³-hybridized carbons (Fsp3) is 0.150. The molecule has 1 amide bonds. The molecule has 1 aliphatic heterocycles. The van der Waals surface area contributed by atoms with E-state index in [-0.39, 0.29) is 23.9 Å². The molecule has 0 radical (unpaired) electrons. The molecule has 0 unspecified atom stereocenters. The number of para-hydroxylation sites is 2. The molecule has 0 fully saturated rings. The number of benzene rings is 2. The monoisotopic (exact) mass is 389 g/mol. The highest BCUT2D eigenvalue weighted by molar-refractivity contribution is 5.98. The van der Waals surface area contributed by atoms with Crippen LogP contribution >= 0.6 is 0 Å². The van der Waals surface area contributed by atoms with E-state index in [0.717, 1.165) is 5.69 Å².